The maximum atomic E-state index is 13.1. The van der Waals surface area contributed by atoms with Crippen molar-refractivity contribution in [1.82, 2.24) is 29.9 Å². The maximum Gasteiger partial charge on any atom is 0.417 e. The lowest BCUT2D eigenvalue weighted by molar-refractivity contribution is -0.138. The molecule has 196 valence electrons. The number of pyridine rings is 1. The molecule has 3 aromatic heterocycles. The van der Waals surface area contributed by atoms with E-state index in [1.165, 1.54) is 6.07 Å². The van der Waals surface area contributed by atoms with Crippen LogP contribution in [0, 0.1) is 19.8 Å². The highest BCUT2D eigenvalue weighted by Gasteiger charge is 2.33. The molecule has 9 nitrogen and oxygen atoms in total. The monoisotopic (exact) mass is 514 g/mol. The van der Waals surface area contributed by atoms with E-state index >= 15 is 0 Å². The first kappa shape index (κ1) is 25.0. The van der Waals surface area contributed by atoms with E-state index in [2.05, 4.69) is 25.2 Å². The van der Waals surface area contributed by atoms with Crippen molar-refractivity contribution in [3.05, 3.63) is 53.5 Å². The quantitative estimate of drug-likeness (QED) is 0.529. The number of hydrogen-bond acceptors (Lipinski definition) is 7. The van der Waals surface area contributed by atoms with E-state index in [4.69, 9.17) is 0 Å². The van der Waals surface area contributed by atoms with Gasteiger partial charge in [0, 0.05) is 57.1 Å². The van der Waals surface area contributed by atoms with Gasteiger partial charge in [0.1, 0.15) is 5.82 Å². The van der Waals surface area contributed by atoms with Crippen LogP contribution in [-0.4, -0.2) is 75.0 Å². The van der Waals surface area contributed by atoms with E-state index in [0.717, 1.165) is 55.4 Å². The predicted octanol–water partition coefficient (Wildman–Crippen LogP) is 3.26. The molecule has 0 spiro atoms. The Balaban J connectivity index is 1.11. The van der Waals surface area contributed by atoms with Crippen molar-refractivity contribution in [3.8, 4) is 5.82 Å². The number of piperidine rings is 1. The Morgan fingerprint density at radius 2 is 1.49 bits per heavy atom. The number of aryl methyl sites for hydroxylation is 2. The predicted molar refractivity (Wildman–Crippen MR) is 132 cm³/mol. The molecule has 3 aromatic rings. The van der Waals surface area contributed by atoms with Crippen LogP contribution in [0.4, 0.5) is 24.8 Å². The number of rotatable bonds is 4. The summed E-state index contributed by atoms with van der Waals surface area (Å²) < 4.78 is 40.1. The highest BCUT2D eigenvalue weighted by molar-refractivity contribution is 5.79. The van der Waals surface area contributed by atoms with Gasteiger partial charge in [-0.25, -0.2) is 9.67 Å². The van der Waals surface area contributed by atoms with E-state index in [0.29, 0.717) is 37.8 Å². The third kappa shape index (κ3) is 5.37. The lowest BCUT2D eigenvalue weighted by Gasteiger charge is -2.39. The van der Waals surface area contributed by atoms with Crippen LogP contribution in [0.15, 0.2) is 36.5 Å². The van der Waals surface area contributed by atoms with Gasteiger partial charge in [0.2, 0.25) is 5.91 Å². The Morgan fingerprint density at radius 3 is 2.03 bits per heavy atom. The summed E-state index contributed by atoms with van der Waals surface area (Å²) >= 11 is 0. The van der Waals surface area contributed by atoms with Gasteiger partial charge in [-0.2, -0.15) is 18.3 Å². The number of anilines is 2. The van der Waals surface area contributed by atoms with Crippen LogP contribution in [0.5, 0.6) is 0 Å². The van der Waals surface area contributed by atoms with Crippen molar-refractivity contribution in [3.63, 3.8) is 0 Å². The molecule has 0 N–H and O–H groups in total. The van der Waals surface area contributed by atoms with Gasteiger partial charge in [-0.15, -0.1) is 10.2 Å². The number of carbonyl (C=O) groups excluding carboxylic acids is 1. The Morgan fingerprint density at radius 1 is 0.865 bits per heavy atom. The molecule has 12 heteroatoms. The highest BCUT2D eigenvalue weighted by atomic mass is 19.4. The Bertz CT molecular complexity index is 1230. The summed E-state index contributed by atoms with van der Waals surface area (Å²) in [5, 5.41) is 13.2. The van der Waals surface area contributed by atoms with Crippen LogP contribution in [-0.2, 0) is 11.0 Å². The summed E-state index contributed by atoms with van der Waals surface area (Å²) in [6, 6.07) is 8.27. The molecule has 5 heterocycles. The fourth-order valence-corrected chi connectivity index (χ4v) is 4.97. The van der Waals surface area contributed by atoms with E-state index in [9.17, 15) is 18.0 Å². The molecule has 0 unspecified atom stereocenters. The average Bonchev–Trinajstić information content (AvgIpc) is 3.26. The summed E-state index contributed by atoms with van der Waals surface area (Å²) in [6.07, 6.45) is -2.07. The lowest BCUT2D eigenvalue weighted by Crippen LogP contribution is -2.52. The zero-order valence-corrected chi connectivity index (χ0v) is 20.8. The molecule has 2 aliphatic heterocycles. The summed E-state index contributed by atoms with van der Waals surface area (Å²) in [5.41, 5.74) is 1.16. The van der Waals surface area contributed by atoms with Crippen molar-refractivity contribution in [1.29, 1.82) is 0 Å². The number of nitrogens with zero attached hydrogens (tertiary/aromatic N) is 8. The maximum absolute atomic E-state index is 13.1. The van der Waals surface area contributed by atoms with Crippen LogP contribution in [0.25, 0.3) is 5.82 Å². The molecule has 2 fully saturated rings. The number of piperazine rings is 1. The van der Waals surface area contributed by atoms with Crippen molar-refractivity contribution in [2.24, 2.45) is 5.92 Å². The summed E-state index contributed by atoms with van der Waals surface area (Å²) in [4.78, 5) is 23.0. The van der Waals surface area contributed by atoms with Gasteiger partial charge < -0.3 is 14.7 Å². The summed E-state index contributed by atoms with van der Waals surface area (Å²) in [6.45, 7) is 7.50. The third-order valence-corrected chi connectivity index (χ3v) is 7.02. The minimum absolute atomic E-state index is 0.0473. The van der Waals surface area contributed by atoms with Gasteiger partial charge >= 0.3 is 6.18 Å². The van der Waals surface area contributed by atoms with Crippen LogP contribution < -0.4 is 9.80 Å². The van der Waals surface area contributed by atoms with Crippen LogP contribution >= 0.6 is 0 Å². The molecule has 1 amide bonds. The Kier molecular flexibility index (Phi) is 6.74. The highest BCUT2D eigenvalue weighted by Crippen LogP contribution is 2.30. The number of aromatic nitrogens is 5. The van der Waals surface area contributed by atoms with Crippen LogP contribution in [0.1, 0.15) is 29.8 Å². The van der Waals surface area contributed by atoms with Crippen molar-refractivity contribution >= 4 is 17.5 Å². The molecule has 0 saturated carbocycles. The molecule has 0 radical (unpaired) electrons. The van der Waals surface area contributed by atoms with Crippen molar-refractivity contribution in [2.45, 2.75) is 32.9 Å². The van der Waals surface area contributed by atoms with E-state index in [1.807, 2.05) is 41.8 Å². The van der Waals surface area contributed by atoms with Crippen molar-refractivity contribution < 1.29 is 18.0 Å². The molecule has 2 aliphatic rings. The summed E-state index contributed by atoms with van der Waals surface area (Å²) in [5.74, 6) is 2.05. The van der Waals surface area contributed by atoms with Gasteiger partial charge in [-0.05, 0) is 57.0 Å². The molecular formula is C25H29F3N8O. The first-order valence-electron chi connectivity index (χ1n) is 12.4. The second-order valence-corrected chi connectivity index (χ2v) is 9.57. The molecule has 0 bridgehead atoms. The summed E-state index contributed by atoms with van der Waals surface area (Å²) in [7, 11) is 0. The molecular weight excluding hydrogens is 485 g/mol. The standard InChI is InChI=1S/C25H29F3N8O/c1-17-15-18(2)36(32-17)23-6-5-22(30-31-23)33-9-7-19(8-10-33)24(37)35-13-11-34(12-14-35)21-4-3-20(16-29-21)25(26,27)28/h3-6,15-16,19H,7-14H2,1-2H3. The first-order chi connectivity index (χ1) is 17.7. The topological polar surface area (TPSA) is 83.3 Å². The van der Waals surface area contributed by atoms with Crippen LogP contribution in [0.2, 0.25) is 0 Å². The largest absolute Gasteiger partial charge is 0.417 e. The van der Waals surface area contributed by atoms with Gasteiger partial charge in [-0.3, -0.25) is 4.79 Å². The minimum atomic E-state index is -4.40. The van der Waals surface area contributed by atoms with Gasteiger partial charge in [-0.1, -0.05) is 0 Å². The zero-order valence-electron chi connectivity index (χ0n) is 20.8. The molecule has 0 aliphatic carbocycles. The molecule has 37 heavy (non-hydrogen) atoms. The van der Waals surface area contributed by atoms with E-state index in [-0.39, 0.29) is 11.8 Å². The lowest BCUT2D eigenvalue weighted by atomic mass is 9.95. The Hall–Kier alpha value is -3.70. The molecule has 5 rings (SSSR count). The SMILES string of the molecule is Cc1cc(C)n(-c2ccc(N3CCC(C(=O)N4CCN(c5ccc(C(F)(F)F)cn5)CC4)CC3)nn2)n1. The second-order valence-electron chi connectivity index (χ2n) is 9.57. The normalized spacial score (nSPS) is 17.4. The van der Waals surface area contributed by atoms with E-state index < -0.39 is 11.7 Å². The number of alkyl halides is 3. The van der Waals surface area contributed by atoms with Gasteiger partial charge in [0.25, 0.3) is 0 Å². The number of hydrogen-bond donors (Lipinski definition) is 0. The zero-order chi connectivity index (χ0) is 26.2. The third-order valence-electron chi connectivity index (χ3n) is 7.02. The van der Waals surface area contributed by atoms with Gasteiger partial charge in [0.15, 0.2) is 11.6 Å². The fourth-order valence-electron chi connectivity index (χ4n) is 4.97. The molecule has 2 saturated heterocycles. The fraction of sp³-hybridized carbons (Fsp3) is 0.480. The average molecular weight is 515 g/mol. The van der Waals surface area contributed by atoms with Gasteiger partial charge in [0.05, 0.1) is 11.3 Å². The number of amides is 1. The number of carbonyl (C=O) groups is 1. The van der Waals surface area contributed by atoms with Crippen LogP contribution in [0.3, 0.4) is 0 Å². The number of halogens is 3. The minimum Gasteiger partial charge on any atom is -0.355 e. The van der Waals surface area contributed by atoms with Crippen molar-refractivity contribution in [2.75, 3.05) is 49.1 Å². The smallest absolute Gasteiger partial charge is 0.355 e. The first-order valence-corrected chi connectivity index (χ1v) is 12.4. The molecule has 0 aromatic carbocycles. The molecule has 0 atom stereocenters. The second kappa shape index (κ2) is 9.98. The Labute approximate surface area is 212 Å². The van der Waals surface area contributed by atoms with E-state index in [1.54, 1.807) is 4.68 Å².